The minimum atomic E-state index is -0.0724. The van der Waals surface area contributed by atoms with Gasteiger partial charge in [-0.25, -0.2) is 0 Å². The maximum atomic E-state index is 11.7. The van der Waals surface area contributed by atoms with E-state index in [4.69, 9.17) is 15.2 Å². The molecule has 0 saturated heterocycles. The van der Waals surface area contributed by atoms with Crippen LogP contribution in [0, 0.1) is 0 Å². The van der Waals surface area contributed by atoms with Crippen LogP contribution in [-0.4, -0.2) is 37.6 Å². The van der Waals surface area contributed by atoms with Gasteiger partial charge in [0.25, 0.3) is 5.91 Å². The summed E-state index contributed by atoms with van der Waals surface area (Å²) < 4.78 is 11.1. The quantitative estimate of drug-likeness (QED) is 0.810. The zero-order valence-electron chi connectivity index (χ0n) is 11.8. The van der Waals surface area contributed by atoms with Crippen molar-refractivity contribution in [1.82, 2.24) is 4.90 Å². The second-order valence-corrected chi connectivity index (χ2v) is 4.08. The van der Waals surface area contributed by atoms with E-state index in [0.29, 0.717) is 31.2 Å². The lowest BCUT2D eigenvalue weighted by Crippen LogP contribution is -2.31. The van der Waals surface area contributed by atoms with Gasteiger partial charge in [-0.3, -0.25) is 4.79 Å². The van der Waals surface area contributed by atoms with Gasteiger partial charge in [0.1, 0.15) is 0 Å². The minimum Gasteiger partial charge on any atom is -0.490 e. The van der Waals surface area contributed by atoms with Crippen LogP contribution >= 0.6 is 0 Å². The van der Waals surface area contributed by atoms with E-state index < -0.39 is 0 Å². The van der Waals surface area contributed by atoms with Crippen LogP contribution < -0.4 is 15.2 Å². The van der Waals surface area contributed by atoms with Crippen molar-refractivity contribution in [3.63, 3.8) is 0 Å². The molecule has 5 heteroatoms. The Bertz CT molecular complexity index is 421. The second-order valence-electron chi connectivity index (χ2n) is 4.08. The average molecular weight is 266 g/mol. The van der Waals surface area contributed by atoms with Crippen molar-refractivity contribution in [3.05, 3.63) is 23.8 Å². The first kappa shape index (κ1) is 15.3. The van der Waals surface area contributed by atoms with E-state index in [9.17, 15) is 4.79 Å². The van der Waals surface area contributed by atoms with Gasteiger partial charge in [0.05, 0.1) is 6.61 Å². The Labute approximate surface area is 114 Å². The van der Waals surface area contributed by atoms with Crippen LogP contribution in [0.4, 0.5) is 0 Å². The van der Waals surface area contributed by atoms with Gasteiger partial charge >= 0.3 is 0 Å². The predicted molar refractivity (Wildman–Crippen MR) is 74.3 cm³/mol. The number of hydrogen-bond donors (Lipinski definition) is 1. The molecule has 0 spiro atoms. The number of para-hydroxylation sites is 1. The minimum absolute atomic E-state index is 0.0125. The average Bonchev–Trinajstić information content (AvgIpc) is 2.44. The van der Waals surface area contributed by atoms with Crippen LogP contribution in [0.2, 0.25) is 0 Å². The van der Waals surface area contributed by atoms with Crippen LogP contribution in [0.5, 0.6) is 11.5 Å². The molecule has 0 unspecified atom stereocenters. The molecule has 1 aromatic carbocycles. The van der Waals surface area contributed by atoms with Crippen molar-refractivity contribution in [1.29, 1.82) is 0 Å². The molecule has 0 aliphatic carbocycles. The molecule has 1 aromatic rings. The Balaban J connectivity index is 2.83. The number of nitrogens with zero attached hydrogens (tertiary/aromatic N) is 1. The van der Waals surface area contributed by atoms with Gasteiger partial charge in [0, 0.05) is 25.7 Å². The van der Waals surface area contributed by atoms with E-state index in [0.717, 1.165) is 5.56 Å². The molecule has 0 aromatic heterocycles. The first-order chi connectivity index (χ1) is 9.13. The third kappa shape index (κ3) is 4.13. The number of carbonyl (C=O) groups is 1. The summed E-state index contributed by atoms with van der Waals surface area (Å²) in [4.78, 5) is 13.3. The van der Waals surface area contributed by atoms with E-state index in [1.54, 1.807) is 11.9 Å². The maximum Gasteiger partial charge on any atom is 0.260 e. The Morgan fingerprint density at radius 1 is 1.32 bits per heavy atom. The number of ether oxygens (including phenoxy) is 2. The summed E-state index contributed by atoms with van der Waals surface area (Å²) in [5.74, 6) is 1.11. The molecular formula is C14H22N2O3. The Kier molecular flexibility index (Phi) is 6.15. The van der Waals surface area contributed by atoms with E-state index in [1.165, 1.54) is 0 Å². The summed E-state index contributed by atoms with van der Waals surface area (Å²) in [6.07, 6.45) is 0. The molecule has 1 rings (SSSR count). The second kappa shape index (κ2) is 7.63. The molecule has 0 bridgehead atoms. The number of likely N-dealkylation sites (N-methyl/N-ethyl adjacent to an activating group) is 1. The lowest BCUT2D eigenvalue weighted by atomic mass is 10.2. The number of rotatable bonds is 7. The highest BCUT2D eigenvalue weighted by molar-refractivity contribution is 5.77. The van der Waals surface area contributed by atoms with Gasteiger partial charge in [0.2, 0.25) is 0 Å². The first-order valence-corrected chi connectivity index (χ1v) is 6.45. The van der Waals surface area contributed by atoms with Gasteiger partial charge in [-0.1, -0.05) is 12.1 Å². The molecule has 19 heavy (non-hydrogen) atoms. The molecule has 1 amide bonds. The summed E-state index contributed by atoms with van der Waals surface area (Å²) in [7, 11) is 1.74. The molecule has 0 saturated carbocycles. The van der Waals surface area contributed by atoms with Crippen LogP contribution in [0.25, 0.3) is 0 Å². The zero-order chi connectivity index (χ0) is 14.3. The number of benzene rings is 1. The lowest BCUT2D eigenvalue weighted by molar-refractivity contribution is -0.131. The summed E-state index contributed by atoms with van der Waals surface area (Å²) in [5, 5.41) is 0. The molecular weight excluding hydrogens is 244 g/mol. The topological polar surface area (TPSA) is 64.8 Å². The van der Waals surface area contributed by atoms with Gasteiger partial charge in [-0.05, 0) is 19.9 Å². The predicted octanol–water partition coefficient (Wildman–Crippen LogP) is 1.40. The maximum absolute atomic E-state index is 11.7. The number of amides is 1. The third-order valence-corrected chi connectivity index (χ3v) is 2.82. The lowest BCUT2D eigenvalue weighted by Gasteiger charge is -2.18. The van der Waals surface area contributed by atoms with E-state index >= 15 is 0 Å². The molecule has 0 atom stereocenters. The van der Waals surface area contributed by atoms with E-state index in [1.807, 2.05) is 32.0 Å². The van der Waals surface area contributed by atoms with Crippen LogP contribution in [-0.2, 0) is 11.3 Å². The van der Waals surface area contributed by atoms with Gasteiger partial charge in [-0.2, -0.15) is 0 Å². The SMILES string of the molecule is CCOc1cccc(CN)c1OCC(=O)N(C)CC. The van der Waals surface area contributed by atoms with Crippen molar-refractivity contribution in [3.8, 4) is 11.5 Å². The Morgan fingerprint density at radius 3 is 2.63 bits per heavy atom. The highest BCUT2D eigenvalue weighted by Gasteiger charge is 2.13. The van der Waals surface area contributed by atoms with Crippen molar-refractivity contribution in [2.45, 2.75) is 20.4 Å². The van der Waals surface area contributed by atoms with Crippen molar-refractivity contribution in [2.75, 3.05) is 26.8 Å². The molecule has 5 nitrogen and oxygen atoms in total. The smallest absolute Gasteiger partial charge is 0.260 e. The van der Waals surface area contributed by atoms with Crippen molar-refractivity contribution < 1.29 is 14.3 Å². The molecule has 2 N–H and O–H groups in total. The highest BCUT2D eigenvalue weighted by atomic mass is 16.5. The highest BCUT2D eigenvalue weighted by Crippen LogP contribution is 2.31. The fourth-order valence-electron chi connectivity index (χ4n) is 1.58. The normalized spacial score (nSPS) is 10.1. The van der Waals surface area contributed by atoms with Gasteiger partial charge < -0.3 is 20.1 Å². The summed E-state index contributed by atoms with van der Waals surface area (Å²) in [6.45, 7) is 5.33. The number of carbonyl (C=O) groups excluding carboxylic acids is 1. The largest absolute Gasteiger partial charge is 0.490 e. The molecule has 0 aliphatic rings. The number of nitrogens with two attached hydrogens (primary N) is 1. The summed E-state index contributed by atoms with van der Waals surface area (Å²) >= 11 is 0. The third-order valence-electron chi connectivity index (χ3n) is 2.82. The molecule has 0 fully saturated rings. The molecule has 0 radical (unpaired) electrons. The summed E-state index contributed by atoms with van der Waals surface area (Å²) in [6, 6.07) is 5.54. The fraction of sp³-hybridized carbons (Fsp3) is 0.500. The zero-order valence-corrected chi connectivity index (χ0v) is 11.8. The standard InChI is InChI=1S/C14H22N2O3/c1-4-16(3)13(17)10-19-14-11(9-15)7-6-8-12(14)18-5-2/h6-8H,4-5,9-10,15H2,1-3H3. The molecule has 106 valence electrons. The van der Waals surface area contributed by atoms with Crippen LogP contribution in [0.3, 0.4) is 0 Å². The van der Waals surface area contributed by atoms with Crippen molar-refractivity contribution >= 4 is 5.91 Å². The Morgan fingerprint density at radius 2 is 2.05 bits per heavy atom. The number of hydrogen-bond acceptors (Lipinski definition) is 4. The summed E-state index contributed by atoms with van der Waals surface area (Å²) in [5.41, 5.74) is 6.51. The van der Waals surface area contributed by atoms with E-state index in [-0.39, 0.29) is 12.5 Å². The monoisotopic (exact) mass is 266 g/mol. The van der Waals surface area contributed by atoms with E-state index in [2.05, 4.69) is 0 Å². The fourth-order valence-corrected chi connectivity index (χ4v) is 1.58. The van der Waals surface area contributed by atoms with Crippen LogP contribution in [0.1, 0.15) is 19.4 Å². The first-order valence-electron chi connectivity index (χ1n) is 6.45. The van der Waals surface area contributed by atoms with Crippen molar-refractivity contribution in [2.24, 2.45) is 5.73 Å². The molecule has 0 heterocycles. The molecule has 0 aliphatic heterocycles. The van der Waals surface area contributed by atoms with Crippen LogP contribution in [0.15, 0.2) is 18.2 Å². The van der Waals surface area contributed by atoms with Gasteiger partial charge in [-0.15, -0.1) is 0 Å². The Hall–Kier alpha value is -1.75. The van der Waals surface area contributed by atoms with Gasteiger partial charge in [0.15, 0.2) is 18.1 Å².